The van der Waals surface area contributed by atoms with E-state index < -0.39 is 41.4 Å². The molecule has 0 aliphatic carbocycles. The minimum absolute atomic E-state index is 0.00407. The van der Waals surface area contributed by atoms with Crippen LogP contribution in [0, 0.1) is 5.82 Å². The van der Waals surface area contributed by atoms with Gasteiger partial charge >= 0.3 is 0 Å². The number of rotatable bonds is 9. The molecule has 2 fully saturated rings. The van der Waals surface area contributed by atoms with Crippen LogP contribution in [-0.4, -0.2) is 75.5 Å². The monoisotopic (exact) mass is 704 g/mol. The van der Waals surface area contributed by atoms with Crippen molar-refractivity contribution in [3.8, 4) is 5.75 Å². The smallest absolute Gasteiger partial charge is 0.263 e. The quantitative estimate of drug-likeness (QED) is 0.166. The van der Waals surface area contributed by atoms with Crippen LogP contribution in [0.5, 0.6) is 5.75 Å². The van der Waals surface area contributed by atoms with Gasteiger partial charge in [-0.25, -0.2) is 14.4 Å². The Morgan fingerprint density at radius 2 is 1.96 bits per heavy atom. The molecule has 3 aliphatic rings. The van der Waals surface area contributed by atoms with Crippen molar-refractivity contribution in [2.45, 2.75) is 36.3 Å². The van der Waals surface area contributed by atoms with E-state index in [0.717, 1.165) is 16.7 Å². The van der Waals surface area contributed by atoms with E-state index in [-0.39, 0.29) is 40.8 Å². The Balaban J connectivity index is 1.13. The van der Waals surface area contributed by atoms with Crippen molar-refractivity contribution < 1.29 is 37.8 Å². The van der Waals surface area contributed by atoms with Gasteiger partial charge in [-0.3, -0.25) is 34.2 Å². The van der Waals surface area contributed by atoms with Crippen LogP contribution in [0.4, 0.5) is 21.6 Å². The molecule has 0 saturated carbocycles. The van der Waals surface area contributed by atoms with Gasteiger partial charge in [-0.1, -0.05) is 17.7 Å². The van der Waals surface area contributed by atoms with Crippen molar-refractivity contribution >= 4 is 81.0 Å². The summed E-state index contributed by atoms with van der Waals surface area (Å²) in [5.41, 5.74) is 1.53. The average molecular weight is 705 g/mol. The molecule has 250 valence electrons. The first-order chi connectivity index (χ1) is 23.7. The lowest BCUT2D eigenvalue weighted by molar-refractivity contribution is -0.136. The Bertz CT molecular complexity index is 2060. The number of halogens is 2. The second-order valence-electron chi connectivity index (χ2n) is 11.4. The van der Waals surface area contributed by atoms with Crippen LogP contribution in [0.1, 0.15) is 40.0 Å². The lowest BCUT2D eigenvalue weighted by Crippen LogP contribution is -2.54. The lowest BCUT2D eigenvalue weighted by Gasteiger charge is -2.27. The van der Waals surface area contributed by atoms with Gasteiger partial charge in [0.25, 0.3) is 11.8 Å². The minimum Gasteiger partial charge on any atom is -0.486 e. The van der Waals surface area contributed by atoms with Gasteiger partial charge in [0, 0.05) is 34.9 Å². The molecule has 2 unspecified atom stereocenters. The molecule has 13 nitrogen and oxygen atoms in total. The predicted octanol–water partition coefficient (Wildman–Crippen LogP) is 4.47. The molecule has 4 heterocycles. The molecule has 5 amide bonds. The van der Waals surface area contributed by atoms with Crippen molar-refractivity contribution in [2.24, 2.45) is 0 Å². The van der Waals surface area contributed by atoms with Crippen LogP contribution in [0.3, 0.4) is 0 Å². The third-order valence-corrected chi connectivity index (χ3v) is 9.51. The van der Waals surface area contributed by atoms with Gasteiger partial charge in [0.1, 0.15) is 35.9 Å². The van der Waals surface area contributed by atoms with Crippen LogP contribution in [0.2, 0.25) is 5.02 Å². The Labute approximate surface area is 286 Å². The summed E-state index contributed by atoms with van der Waals surface area (Å²) in [6, 6.07) is 11.1. The van der Waals surface area contributed by atoms with Crippen molar-refractivity contribution in [1.29, 1.82) is 0 Å². The summed E-state index contributed by atoms with van der Waals surface area (Å²) in [7, 11) is 0. The van der Waals surface area contributed by atoms with Crippen LogP contribution < -0.4 is 20.7 Å². The predicted molar refractivity (Wildman–Crippen MR) is 177 cm³/mol. The van der Waals surface area contributed by atoms with Gasteiger partial charge in [0.05, 0.1) is 46.3 Å². The molecule has 0 radical (unpaired) electrons. The molecule has 0 bridgehead atoms. The van der Waals surface area contributed by atoms with E-state index in [9.17, 15) is 28.4 Å². The number of anilines is 3. The maximum Gasteiger partial charge on any atom is 0.263 e. The van der Waals surface area contributed by atoms with Gasteiger partial charge in [0.2, 0.25) is 17.7 Å². The molecule has 0 spiro atoms. The van der Waals surface area contributed by atoms with Crippen LogP contribution in [0.25, 0.3) is 10.9 Å². The molecule has 2 saturated heterocycles. The van der Waals surface area contributed by atoms with E-state index in [2.05, 4.69) is 25.9 Å². The molecule has 3 aromatic carbocycles. The number of carbonyl (C=O) groups excluding carboxylic acids is 5. The number of piperidine rings is 1. The summed E-state index contributed by atoms with van der Waals surface area (Å²) in [4.78, 5) is 74.2. The first-order valence-electron chi connectivity index (χ1n) is 15.2. The molecule has 1 aromatic heterocycles. The van der Waals surface area contributed by atoms with Crippen LogP contribution >= 0.6 is 23.4 Å². The summed E-state index contributed by atoms with van der Waals surface area (Å²) in [5, 5.41) is 8.64. The number of imide groups is 2. The lowest BCUT2D eigenvalue weighted by atomic mass is 10.0. The number of amides is 5. The number of aromatic nitrogens is 2. The number of nitrogens with one attached hydrogen (secondary N) is 3. The molecule has 4 aromatic rings. The SMILES string of the molecule is O=C1CCC(N2C(=O)c3cccc(SCC(=O)Nc4cc5c(Nc6ccc(F)c(Cl)c6)ncnc5cc4OC4CCOC4)c3C2=O)C(=O)N1. The Morgan fingerprint density at radius 1 is 1.10 bits per heavy atom. The summed E-state index contributed by atoms with van der Waals surface area (Å²) in [6.45, 7) is 0.918. The summed E-state index contributed by atoms with van der Waals surface area (Å²) < 4.78 is 25.4. The fraction of sp³-hybridized carbons (Fsp3) is 0.242. The molecule has 3 N–H and O–H groups in total. The Hall–Kier alpha value is -5.12. The number of hydrogen-bond donors (Lipinski definition) is 3. The number of nitrogens with zero attached hydrogens (tertiary/aromatic N) is 3. The van der Waals surface area contributed by atoms with Crippen LogP contribution in [-0.2, 0) is 19.1 Å². The Morgan fingerprint density at radius 3 is 2.73 bits per heavy atom. The van der Waals surface area contributed by atoms with Gasteiger partial charge in [-0.15, -0.1) is 11.8 Å². The van der Waals surface area contributed by atoms with Gasteiger partial charge in [-0.2, -0.15) is 0 Å². The molecule has 16 heteroatoms. The maximum atomic E-state index is 13.8. The first kappa shape index (κ1) is 32.4. The first-order valence-corrected chi connectivity index (χ1v) is 16.5. The number of benzene rings is 3. The summed E-state index contributed by atoms with van der Waals surface area (Å²) in [5.74, 6) is -2.89. The third-order valence-electron chi connectivity index (χ3n) is 8.16. The molecular formula is C33H26ClFN6O7S. The zero-order valence-corrected chi connectivity index (χ0v) is 27.0. The highest BCUT2D eigenvalue weighted by Crippen LogP contribution is 2.37. The fourth-order valence-corrected chi connectivity index (χ4v) is 6.86. The highest BCUT2D eigenvalue weighted by molar-refractivity contribution is 8.00. The standard InChI is InChI=1S/C33H26ClFN6O7S/c34-20-10-16(4-5-21(20)35)38-30-19-11-23(25(12-22(19)36-15-37-30)48-17-8-9-47-13-17)39-28(43)14-49-26-3-1-2-18-29(26)33(46)41(32(18)45)24-6-7-27(42)40-31(24)44/h1-5,10-12,15,17,24H,6-9,13-14H2,(H,39,43)(H,36,37,38)(H,40,42,44). The van der Waals surface area contributed by atoms with Gasteiger partial charge < -0.3 is 20.1 Å². The largest absolute Gasteiger partial charge is 0.486 e. The zero-order chi connectivity index (χ0) is 34.2. The Kier molecular flexibility index (Phi) is 8.88. The maximum absolute atomic E-state index is 13.8. The van der Waals surface area contributed by atoms with Crippen molar-refractivity contribution in [2.75, 3.05) is 29.6 Å². The molecule has 49 heavy (non-hydrogen) atoms. The number of thioether (sulfide) groups is 1. The van der Waals surface area contributed by atoms with E-state index in [1.54, 1.807) is 24.3 Å². The van der Waals surface area contributed by atoms with Crippen LogP contribution in [0.15, 0.2) is 59.8 Å². The number of carbonyl (C=O) groups is 5. The van der Waals surface area contributed by atoms with E-state index >= 15 is 0 Å². The topological polar surface area (TPSA) is 169 Å². The van der Waals surface area contributed by atoms with E-state index in [1.807, 2.05) is 0 Å². The second-order valence-corrected chi connectivity index (χ2v) is 12.8. The molecule has 7 rings (SSSR count). The van der Waals surface area contributed by atoms with Crippen molar-refractivity contribution in [3.63, 3.8) is 0 Å². The fourth-order valence-electron chi connectivity index (χ4n) is 5.81. The van der Waals surface area contributed by atoms with Gasteiger partial charge in [-0.05, 0) is 42.8 Å². The number of hydrogen-bond acceptors (Lipinski definition) is 11. The van der Waals surface area contributed by atoms with E-state index in [1.165, 1.54) is 30.6 Å². The summed E-state index contributed by atoms with van der Waals surface area (Å²) >= 11 is 7.02. The minimum atomic E-state index is -1.11. The zero-order valence-electron chi connectivity index (χ0n) is 25.5. The van der Waals surface area contributed by atoms with E-state index in [4.69, 9.17) is 21.1 Å². The van der Waals surface area contributed by atoms with Gasteiger partial charge in [0.15, 0.2) is 0 Å². The highest BCUT2D eigenvalue weighted by atomic mass is 35.5. The van der Waals surface area contributed by atoms with Crippen molar-refractivity contribution in [3.05, 3.63) is 76.8 Å². The van der Waals surface area contributed by atoms with Crippen molar-refractivity contribution in [1.82, 2.24) is 20.2 Å². The highest BCUT2D eigenvalue weighted by Gasteiger charge is 2.45. The average Bonchev–Trinajstić information content (AvgIpc) is 3.68. The molecule has 2 atom stereocenters. The normalized spacial score (nSPS) is 18.9. The summed E-state index contributed by atoms with van der Waals surface area (Å²) in [6.07, 6.45) is 1.81. The second kappa shape index (κ2) is 13.4. The molecule has 3 aliphatic heterocycles. The third kappa shape index (κ3) is 6.51. The molecular weight excluding hydrogens is 679 g/mol. The number of fused-ring (bicyclic) bond motifs is 2. The number of ether oxygens (including phenoxy) is 2. The van der Waals surface area contributed by atoms with E-state index in [0.29, 0.717) is 58.4 Å².